The Morgan fingerprint density at radius 1 is 1.23 bits per heavy atom. The lowest BCUT2D eigenvalue weighted by atomic mass is 9.91. The number of ether oxygens (including phenoxy) is 2. The van der Waals surface area contributed by atoms with Gasteiger partial charge in [-0.05, 0) is 18.2 Å². The van der Waals surface area contributed by atoms with Crippen LogP contribution in [0.1, 0.15) is 30.1 Å². The van der Waals surface area contributed by atoms with Crippen molar-refractivity contribution >= 4 is 17.8 Å². The molecule has 1 fully saturated rings. The van der Waals surface area contributed by atoms with Crippen LogP contribution in [0.5, 0.6) is 5.75 Å². The average molecular weight is 350 g/mol. The maximum Gasteiger partial charge on any atom is 0.229 e. The molecule has 1 saturated heterocycles. The lowest BCUT2D eigenvalue weighted by Crippen LogP contribution is -2.49. The van der Waals surface area contributed by atoms with Crippen LogP contribution in [0.15, 0.2) is 53.5 Å². The molecule has 5 rings (SSSR count). The van der Waals surface area contributed by atoms with Gasteiger partial charge in [-0.15, -0.1) is 0 Å². The van der Waals surface area contributed by atoms with E-state index in [9.17, 15) is 9.90 Å². The number of aliphatic hydroxyl groups excluding tert-OH is 1. The minimum absolute atomic E-state index is 0.0245. The van der Waals surface area contributed by atoms with Crippen molar-refractivity contribution in [3.05, 3.63) is 59.7 Å². The largest absolute Gasteiger partial charge is 0.497 e. The first-order chi connectivity index (χ1) is 12.6. The third-order valence-electron chi connectivity index (χ3n) is 5.46. The topological polar surface area (TPSA) is 71.4 Å². The zero-order chi connectivity index (χ0) is 17.9. The molecule has 26 heavy (non-hydrogen) atoms. The monoisotopic (exact) mass is 350 g/mol. The first kappa shape index (κ1) is 15.5. The normalized spacial score (nSPS) is 31.5. The Morgan fingerprint density at radius 3 is 2.77 bits per heavy atom. The number of aliphatic imine (C=N–C) groups is 1. The van der Waals surface area contributed by atoms with Crippen molar-refractivity contribution in [2.45, 2.75) is 30.4 Å². The molecule has 0 radical (unpaired) electrons. The number of hydrogen-bond donors (Lipinski definition) is 1. The number of amides is 1. The average Bonchev–Trinajstić information content (AvgIpc) is 3.20. The van der Waals surface area contributed by atoms with Crippen LogP contribution in [-0.2, 0) is 15.3 Å². The fourth-order valence-electron chi connectivity index (χ4n) is 4.18. The minimum Gasteiger partial charge on any atom is -0.497 e. The van der Waals surface area contributed by atoms with Crippen molar-refractivity contribution in [1.29, 1.82) is 0 Å². The Kier molecular flexibility index (Phi) is 3.08. The summed E-state index contributed by atoms with van der Waals surface area (Å²) in [6, 6.07) is 14.7. The van der Waals surface area contributed by atoms with Crippen LogP contribution >= 0.6 is 0 Å². The number of fused-ring (bicyclic) bond motifs is 3. The Bertz CT molecular complexity index is 926. The molecule has 3 atom stereocenters. The number of nitrogens with zero attached hydrogens (tertiary/aromatic N) is 2. The van der Waals surface area contributed by atoms with E-state index >= 15 is 0 Å². The molecule has 1 spiro atoms. The van der Waals surface area contributed by atoms with E-state index in [1.54, 1.807) is 18.2 Å². The standard InChI is InChI=1S/C20H18N2O4/c1-25-14-8-6-13(7-9-14)20-18(24)15-4-2-3-5-16(15)22-17(23)10-11-19(22,26-20)12-21-20/h2-9,12,18,24H,10-11H2,1H3. The predicted octanol–water partition coefficient (Wildman–Crippen LogP) is 2.52. The van der Waals surface area contributed by atoms with Crippen LogP contribution in [0.2, 0.25) is 0 Å². The highest BCUT2D eigenvalue weighted by atomic mass is 16.6. The summed E-state index contributed by atoms with van der Waals surface area (Å²) in [5, 5.41) is 11.3. The highest BCUT2D eigenvalue weighted by molar-refractivity contribution is 6.04. The molecule has 3 aliphatic heterocycles. The number of para-hydroxylation sites is 1. The van der Waals surface area contributed by atoms with Gasteiger partial charge in [0.25, 0.3) is 0 Å². The second-order valence-electron chi connectivity index (χ2n) is 6.82. The molecule has 0 saturated carbocycles. The highest BCUT2D eigenvalue weighted by Crippen LogP contribution is 2.55. The number of aliphatic hydroxyl groups is 1. The van der Waals surface area contributed by atoms with Crippen LogP contribution in [0.25, 0.3) is 0 Å². The van der Waals surface area contributed by atoms with Crippen LogP contribution in [-0.4, -0.2) is 30.1 Å². The van der Waals surface area contributed by atoms with Crippen molar-refractivity contribution in [1.82, 2.24) is 0 Å². The fraction of sp³-hybridized carbons (Fsp3) is 0.300. The van der Waals surface area contributed by atoms with Crippen LogP contribution < -0.4 is 9.64 Å². The van der Waals surface area contributed by atoms with Crippen molar-refractivity contribution < 1.29 is 19.4 Å². The maximum absolute atomic E-state index is 12.6. The number of carbonyl (C=O) groups is 1. The molecule has 3 unspecified atom stereocenters. The molecule has 0 aromatic heterocycles. The third-order valence-corrected chi connectivity index (χ3v) is 5.46. The van der Waals surface area contributed by atoms with E-state index in [0.717, 1.165) is 5.56 Å². The van der Waals surface area contributed by atoms with Gasteiger partial charge in [-0.3, -0.25) is 14.7 Å². The summed E-state index contributed by atoms with van der Waals surface area (Å²) < 4.78 is 11.7. The third kappa shape index (κ3) is 1.83. The van der Waals surface area contributed by atoms with E-state index in [4.69, 9.17) is 9.47 Å². The molecule has 6 heteroatoms. The number of rotatable bonds is 2. The first-order valence-electron chi connectivity index (χ1n) is 8.61. The Labute approximate surface area is 150 Å². The fourth-order valence-corrected chi connectivity index (χ4v) is 4.18. The van der Waals surface area contributed by atoms with Gasteiger partial charge in [-0.2, -0.15) is 0 Å². The van der Waals surface area contributed by atoms with E-state index in [1.807, 2.05) is 48.5 Å². The minimum atomic E-state index is -1.29. The lowest BCUT2D eigenvalue weighted by Gasteiger charge is -2.34. The summed E-state index contributed by atoms with van der Waals surface area (Å²) in [6.07, 6.45) is 1.53. The second kappa shape index (κ2) is 5.16. The summed E-state index contributed by atoms with van der Waals surface area (Å²) in [7, 11) is 1.60. The number of hydrogen-bond acceptors (Lipinski definition) is 5. The van der Waals surface area contributed by atoms with Gasteiger partial charge in [-0.1, -0.05) is 30.3 Å². The molecule has 0 aliphatic carbocycles. The molecule has 1 N–H and O–H groups in total. The van der Waals surface area contributed by atoms with Gasteiger partial charge in [-0.25, -0.2) is 0 Å². The summed E-state index contributed by atoms with van der Waals surface area (Å²) in [4.78, 5) is 18.9. The van der Waals surface area contributed by atoms with Crippen LogP contribution in [0.3, 0.4) is 0 Å². The highest BCUT2D eigenvalue weighted by Gasteiger charge is 2.61. The van der Waals surface area contributed by atoms with E-state index in [0.29, 0.717) is 29.8 Å². The van der Waals surface area contributed by atoms with E-state index in [1.165, 1.54) is 0 Å². The van der Waals surface area contributed by atoms with Gasteiger partial charge in [0.1, 0.15) is 11.9 Å². The van der Waals surface area contributed by atoms with E-state index < -0.39 is 17.6 Å². The summed E-state index contributed by atoms with van der Waals surface area (Å²) in [5.74, 6) is 0.687. The summed E-state index contributed by atoms with van der Waals surface area (Å²) in [5.41, 5.74) is -0.206. The molecular formula is C20H18N2O4. The van der Waals surface area contributed by atoms with Gasteiger partial charge in [0.2, 0.25) is 11.6 Å². The van der Waals surface area contributed by atoms with E-state index in [2.05, 4.69) is 4.99 Å². The molecule has 1 amide bonds. The zero-order valence-electron chi connectivity index (χ0n) is 14.3. The van der Waals surface area contributed by atoms with Crippen molar-refractivity contribution in [3.63, 3.8) is 0 Å². The van der Waals surface area contributed by atoms with Crippen molar-refractivity contribution in [2.24, 2.45) is 4.99 Å². The molecular weight excluding hydrogens is 332 g/mol. The van der Waals surface area contributed by atoms with Crippen LogP contribution in [0.4, 0.5) is 5.69 Å². The van der Waals surface area contributed by atoms with Crippen LogP contribution in [0, 0.1) is 0 Å². The lowest BCUT2D eigenvalue weighted by molar-refractivity contribution is -0.156. The molecule has 3 heterocycles. The summed E-state index contributed by atoms with van der Waals surface area (Å²) in [6.45, 7) is 0. The molecule has 2 aromatic carbocycles. The van der Waals surface area contributed by atoms with Gasteiger partial charge in [0.05, 0.1) is 19.0 Å². The van der Waals surface area contributed by atoms with Crippen molar-refractivity contribution in [2.75, 3.05) is 12.0 Å². The molecule has 2 bridgehead atoms. The van der Waals surface area contributed by atoms with Gasteiger partial charge in [0.15, 0.2) is 5.72 Å². The number of anilines is 1. The summed E-state index contributed by atoms with van der Waals surface area (Å²) >= 11 is 0. The second-order valence-corrected chi connectivity index (χ2v) is 6.82. The predicted molar refractivity (Wildman–Crippen MR) is 95.1 cm³/mol. The Morgan fingerprint density at radius 2 is 2.00 bits per heavy atom. The number of carbonyl (C=O) groups excluding carboxylic acids is 1. The van der Waals surface area contributed by atoms with Gasteiger partial charge < -0.3 is 14.6 Å². The smallest absolute Gasteiger partial charge is 0.229 e. The zero-order valence-corrected chi connectivity index (χ0v) is 14.3. The quantitative estimate of drug-likeness (QED) is 0.903. The first-order valence-corrected chi connectivity index (χ1v) is 8.61. The maximum atomic E-state index is 12.6. The molecule has 6 nitrogen and oxygen atoms in total. The number of benzene rings is 2. The molecule has 132 valence electrons. The molecule has 3 aliphatic rings. The van der Waals surface area contributed by atoms with Gasteiger partial charge in [0, 0.05) is 24.0 Å². The number of methoxy groups -OCH3 is 1. The Balaban J connectivity index is 1.74. The van der Waals surface area contributed by atoms with E-state index in [-0.39, 0.29) is 5.91 Å². The van der Waals surface area contributed by atoms with Gasteiger partial charge >= 0.3 is 0 Å². The SMILES string of the molecule is COc1ccc(C23N=CC4(CCC(=O)N4c4ccccc4C2O)O3)cc1. The Hall–Kier alpha value is -2.70. The van der Waals surface area contributed by atoms with Crippen molar-refractivity contribution in [3.8, 4) is 5.75 Å². The molecule has 2 aromatic rings.